The number of aryl methyl sites for hydroxylation is 1. The molecule has 0 radical (unpaired) electrons. The summed E-state index contributed by atoms with van der Waals surface area (Å²) in [6, 6.07) is 3.86. The minimum Gasteiger partial charge on any atom is -0.337 e. The number of aromatic nitrogens is 3. The van der Waals surface area contributed by atoms with Crippen LogP contribution < -0.4 is 0 Å². The zero-order valence-electron chi connectivity index (χ0n) is 13.4. The van der Waals surface area contributed by atoms with Gasteiger partial charge in [-0.1, -0.05) is 22.9 Å². The van der Waals surface area contributed by atoms with Crippen molar-refractivity contribution in [1.82, 2.24) is 19.9 Å². The van der Waals surface area contributed by atoms with Gasteiger partial charge in [-0.3, -0.25) is 4.79 Å². The van der Waals surface area contributed by atoms with Crippen molar-refractivity contribution in [3.8, 4) is 0 Å². The number of carbonyl (C=O) groups excluding carboxylic acids is 1. The predicted octanol–water partition coefficient (Wildman–Crippen LogP) is 2.90. The topological polar surface area (TPSA) is 51.0 Å². The zero-order valence-corrected chi connectivity index (χ0v) is 13.4. The van der Waals surface area contributed by atoms with Crippen molar-refractivity contribution in [1.29, 1.82) is 0 Å². The monoisotopic (exact) mass is 332 g/mol. The molecule has 3 rings (SSSR count). The smallest absolute Gasteiger partial charge is 0.273 e. The summed E-state index contributed by atoms with van der Waals surface area (Å²) < 4.78 is 27.8. The van der Waals surface area contributed by atoms with E-state index in [9.17, 15) is 13.6 Å². The molecule has 0 bridgehead atoms. The fourth-order valence-electron chi connectivity index (χ4n) is 2.80. The predicted molar refractivity (Wildman–Crippen MR) is 85.2 cm³/mol. The molecule has 126 valence electrons. The Bertz CT molecular complexity index is 775. The van der Waals surface area contributed by atoms with Gasteiger partial charge in [0.25, 0.3) is 5.91 Å². The highest BCUT2D eigenvalue weighted by Crippen LogP contribution is 2.21. The third-order valence-electron chi connectivity index (χ3n) is 4.14. The highest BCUT2D eigenvalue weighted by atomic mass is 19.2. The molecule has 1 aliphatic rings. The minimum absolute atomic E-state index is 0.0753. The first-order valence-electron chi connectivity index (χ1n) is 7.90. The number of nitrogens with zero attached hydrogens (tertiary/aromatic N) is 4. The SMILES string of the molecule is CCn1nncc1C(=O)N1CCC(=Cc2ccc(F)c(F)c2)CC1. The zero-order chi connectivity index (χ0) is 17.1. The fourth-order valence-corrected chi connectivity index (χ4v) is 2.80. The molecule has 2 aromatic rings. The first kappa shape index (κ1) is 16.3. The van der Waals surface area contributed by atoms with Crippen molar-refractivity contribution in [3.63, 3.8) is 0 Å². The van der Waals surface area contributed by atoms with Crippen LogP contribution >= 0.6 is 0 Å². The van der Waals surface area contributed by atoms with E-state index in [-0.39, 0.29) is 5.91 Å². The second-order valence-corrected chi connectivity index (χ2v) is 5.70. The van der Waals surface area contributed by atoms with Crippen molar-refractivity contribution in [2.45, 2.75) is 26.3 Å². The average molecular weight is 332 g/mol. The quantitative estimate of drug-likeness (QED) is 0.868. The lowest BCUT2D eigenvalue weighted by atomic mass is 10.0. The molecule has 24 heavy (non-hydrogen) atoms. The van der Waals surface area contributed by atoms with E-state index in [2.05, 4.69) is 10.3 Å². The molecule has 1 saturated heterocycles. The van der Waals surface area contributed by atoms with Crippen LogP contribution in [0.15, 0.2) is 30.0 Å². The van der Waals surface area contributed by atoms with Gasteiger partial charge in [-0.15, -0.1) is 5.10 Å². The van der Waals surface area contributed by atoms with Crippen LogP contribution in [0.25, 0.3) is 6.08 Å². The summed E-state index contributed by atoms with van der Waals surface area (Å²) in [5, 5.41) is 7.66. The van der Waals surface area contributed by atoms with Gasteiger partial charge >= 0.3 is 0 Å². The van der Waals surface area contributed by atoms with Crippen molar-refractivity contribution >= 4 is 12.0 Å². The summed E-state index contributed by atoms with van der Waals surface area (Å²) in [4.78, 5) is 14.3. The first-order chi connectivity index (χ1) is 11.6. The summed E-state index contributed by atoms with van der Waals surface area (Å²) in [5.41, 5.74) is 2.25. The van der Waals surface area contributed by atoms with Crippen LogP contribution in [0.3, 0.4) is 0 Å². The number of rotatable bonds is 3. The number of benzene rings is 1. The van der Waals surface area contributed by atoms with Gasteiger partial charge in [0.05, 0.1) is 6.20 Å². The Morgan fingerprint density at radius 1 is 1.25 bits per heavy atom. The second-order valence-electron chi connectivity index (χ2n) is 5.70. The van der Waals surface area contributed by atoms with E-state index in [4.69, 9.17) is 0 Å². The van der Waals surface area contributed by atoms with Crippen LogP contribution in [0.2, 0.25) is 0 Å². The molecule has 0 saturated carbocycles. The maximum Gasteiger partial charge on any atom is 0.273 e. The lowest BCUT2D eigenvalue weighted by Crippen LogP contribution is -2.37. The molecule has 0 N–H and O–H groups in total. The highest BCUT2D eigenvalue weighted by molar-refractivity contribution is 5.92. The minimum atomic E-state index is -0.850. The Hall–Kier alpha value is -2.57. The first-order valence-corrected chi connectivity index (χ1v) is 7.90. The van der Waals surface area contributed by atoms with E-state index < -0.39 is 11.6 Å². The molecule has 0 atom stereocenters. The van der Waals surface area contributed by atoms with Crippen LogP contribution in [0.4, 0.5) is 8.78 Å². The Balaban J connectivity index is 1.66. The largest absolute Gasteiger partial charge is 0.337 e. The van der Waals surface area contributed by atoms with E-state index in [1.807, 2.05) is 13.0 Å². The lowest BCUT2D eigenvalue weighted by Gasteiger charge is -2.28. The van der Waals surface area contributed by atoms with Gasteiger partial charge in [0.15, 0.2) is 11.6 Å². The molecule has 1 aromatic heterocycles. The van der Waals surface area contributed by atoms with Gasteiger partial charge in [-0.05, 0) is 37.5 Å². The van der Waals surface area contributed by atoms with Gasteiger partial charge in [-0.25, -0.2) is 13.5 Å². The van der Waals surface area contributed by atoms with E-state index in [0.717, 1.165) is 11.6 Å². The number of amides is 1. The van der Waals surface area contributed by atoms with Crippen molar-refractivity contribution in [3.05, 3.63) is 52.9 Å². The average Bonchev–Trinajstić information content (AvgIpc) is 3.07. The summed E-state index contributed by atoms with van der Waals surface area (Å²) >= 11 is 0. The van der Waals surface area contributed by atoms with Crippen LogP contribution in [-0.2, 0) is 6.54 Å². The number of hydrogen-bond acceptors (Lipinski definition) is 3. The highest BCUT2D eigenvalue weighted by Gasteiger charge is 2.23. The molecule has 0 spiro atoms. The maximum absolute atomic E-state index is 13.3. The Morgan fingerprint density at radius 2 is 2.00 bits per heavy atom. The van der Waals surface area contributed by atoms with E-state index in [0.29, 0.717) is 43.7 Å². The molecule has 1 fully saturated rings. The van der Waals surface area contributed by atoms with Crippen LogP contribution in [0, 0.1) is 11.6 Å². The second kappa shape index (κ2) is 6.90. The lowest BCUT2D eigenvalue weighted by molar-refractivity contribution is 0.0731. The summed E-state index contributed by atoms with van der Waals surface area (Å²) in [7, 11) is 0. The normalized spacial score (nSPS) is 14.8. The standard InChI is InChI=1S/C17H18F2N4O/c1-2-23-16(11-20-21-23)17(24)22-7-5-12(6-8-22)9-13-3-4-14(18)15(19)10-13/h3-4,9-11H,2,5-8H2,1H3. The Kier molecular flexibility index (Phi) is 4.69. The molecule has 1 aromatic carbocycles. The summed E-state index contributed by atoms with van der Waals surface area (Å²) in [6.07, 6.45) is 4.76. The van der Waals surface area contributed by atoms with Crippen molar-refractivity contribution < 1.29 is 13.6 Å². The van der Waals surface area contributed by atoms with Crippen molar-refractivity contribution in [2.75, 3.05) is 13.1 Å². The molecule has 0 aliphatic carbocycles. The van der Waals surface area contributed by atoms with Crippen LogP contribution in [-0.4, -0.2) is 38.9 Å². The molecular weight excluding hydrogens is 314 g/mol. The molecule has 0 unspecified atom stereocenters. The van der Waals surface area contributed by atoms with Crippen LogP contribution in [0.5, 0.6) is 0 Å². The summed E-state index contributed by atoms with van der Waals surface area (Å²) in [5.74, 6) is -1.77. The van der Waals surface area contributed by atoms with Gasteiger partial charge in [0.2, 0.25) is 0 Å². The summed E-state index contributed by atoms with van der Waals surface area (Å²) in [6.45, 7) is 3.67. The van der Waals surface area contributed by atoms with Gasteiger partial charge in [0.1, 0.15) is 5.69 Å². The third-order valence-corrected chi connectivity index (χ3v) is 4.14. The fraction of sp³-hybridized carbons (Fsp3) is 0.353. The Morgan fingerprint density at radius 3 is 2.67 bits per heavy atom. The van der Waals surface area contributed by atoms with Gasteiger partial charge in [-0.2, -0.15) is 0 Å². The van der Waals surface area contributed by atoms with Gasteiger partial charge in [0, 0.05) is 19.6 Å². The third kappa shape index (κ3) is 3.34. The molecular formula is C17H18F2N4O. The number of piperidine rings is 1. The number of likely N-dealkylation sites (tertiary alicyclic amines) is 1. The molecule has 2 heterocycles. The molecule has 1 aliphatic heterocycles. The van der Waals surface area contributed by atoms with Crippen LogP contribution in [0.1, 0.15) is 35.8 Å². The number of carbonyl (C=O) groups is 1. The van der Waals surface area contributed by atoms with Gasteiger partial charge < -0.3 is 4.90 Å². The Labute approximate surface area is 138 Å². The molecule has 7 heteroatoms. The van der Waals surface area contributed by atoms with E-state index in [1.54, 1.807) is 15.6 Å². The van der Waals surface area contributed by atoms with Crippen molar-refractivity contribution in [2.24, 2.45) is 0 Å². The molecule has 1 amide bonds. The van der Waals surface area contributed by atoms with E-state index >= 15 is 0 Å². The van der Waals surface area contributed by atoms with E-state index in [1.165, 1.54) is 12.3 Å². The maximum atomic E-state index is 13.3. The number of halogens is 2. The number of hydrogen-bond donors (Lipinski definition) is 0. The molecule has 5 nitrogen and oxygen atoms in total.